The fraction of sp³-hybridized carbons (Fsp3) is 0.500. The summed E-state index contributed by atoms with van der Waals surface area (Å²) in [5, 5.41) is 2.89. The van der Waals surface area contributed by atoms with Crippen LogP contribution in [0.3, 0.4) is 0 Å². The zero-order chi connectivity index (χ0) is 15.6. The maximum Gasteiger partial charge on any atom is 0.243 e. The van der Waals surface area contributed by atoms with Gasteiger partial charge in [-0.05, 0) is 26.8 Å². The van der Waals surface area contributed by atoms with Gasteiger partial charge < -0.3 is 10.1 Å². The van der Waals surface area contributed by atoms with Crippen LogP contribution in [-0.2, 0) is 10.7 Å². The molecule has 0 aliphatic heterocycles. The number of pyridine rings is 1. The summed E-state index contributed by atoms with van der Waals surface area (Å²) in [7, 11) is 1.55. The quantitative estimate of drug-likeness (QED) is 0.860. The molecule has 0 saturated carbocycles. The molecule has 0 spiro atoms. The van der Waals surface area contributed by atoms with E-state index in [2.05, 4.69) is 15.3 Å². The standard InChI is InChI=1S/C14H19ClN4O2/c1-8(2)16-14(20)9(3)19-11(7-15)17-10-5-6-12(21-4)18-13(10)19/h5-6,8-9H,7H2,1-4H3,(H,16,20). The zero-order valence-corrected chi connectivity index (χ0v) is 13.3. The number of amides is 1. The molecule has 0 aliphatic carbocycles. The van der Waals surface area contributed by atoms with Gasteiger partial charge in [-0.15, -0.1) is 11.6 Å². The molecule has 0 saturated heterocycles. The van der Waals surface area contributed by atoms with Gasteiger partial charge in [-0.25, -0.2) is 4.98 Å². The summed E-state index contributed by atoms with van der Waals surface area (Å²) in [5.41, 5.74) is 1.28. The van der Waals surface area contributed by atoms with Gasteiger partial charge in [0.05, 0.1) is 13.0 Å². The summed E-state index contributed by atoms with van der Waals surface area (Å²) in [4.78, 5) is 21.1. The molecule has 1 amide bonds. The Hall–Kier alpha value is -1.82. The summed E-state index contributed by atoms with van der Waals surface area (Å²) >= 11 is 5.96. The predicted octanol–water partition coefficient (Wildman–Crippen LogP) is 2.26. The Morgan fingerprint density at radius 3 is 2.67 bits per heavy atom. The van der Waals surface area contributed by atoms with Crippen LogP contribution in [0.15, 0.2) is 12.1 Å². The summed E-state index contributed by atoms with van der Waals surface area (Å²) in [5.74, 6) is 1.19. The van der Waals surface area contributed by atoms with Crippen molar-refractivity contribution in [3.63, 3.8) is 0 Å². The molecule has 7 heteroatoms. The minimum atomic E-state index is -0.453. The third-order valence-electron chi connectivity index (χ3n) is 3.11. The van der Waals surface area contributed by atoms with Crippen molar-refractivity contribution in [1.29, 1.82) is 0 Å². The maximum atomic E-state index is 12.3. The van der Waals surface area contributed by atoms with E-state index in [-0.39, 0.29) is 17.8 Å². The Balaban J connectivity index is 2.51. The van der Waals surface area contributed by atoms with E-state index in [1.807, 2.05) is 13.8 Å². The van der Waals surface area contributed by atoms with Gasteiger partial charge in [-0.2, -0.15) is 4.98 Å². The number of aromatic nitrogens is 3. The highest BCUT2D eigenvalue weighted by Crippen LogP contribution is 2.23. The molecule has 0 radical (unpaired) electrons. The minimum absolute atomic E-state index is 0.0664. The minimum Gasteiger partial charge on any atom is -0.481 e. The molecule has 0 aliphatic rings. The van der Waals surface area contributed by atoms with Gasteiger partial charge >= 0.3 is 0 Å². The van der Waals surface area contributed by atoms with E-state index in [1.54, 1.807) is 30.7 Å². The van der Waals surface area contributed by atoms with Crippen LogP contribution in [0.2, 0.25) is 0 Å². The van der Waals surface area contributed by atoms with E-state index in [4.69, 9.17) is 16.3 Å². The van der Waals surface area contributed by atoms with Crippen molar-refractivity contribution in [2.75, 3.05) is 7.11 Å². The van der Waals surface area contributed by atoms with Gasteiger partial charge in [-0.3, -0.25) is 9.36 Å². The highest BCUT2D eigenvalue weighted by Gasteiger charge is 2.22. The highest BCUT2D eigenvalue weighted by molar-refractivity contribution is 6.16. The fourth-order valence-corrected chi connectivity index (χ4v) is 2.33. The van der Waals surface area contributed by atoms with Crippen molar-refractivity contribution in [2.45, 2.75) is 38.7 Å². The van der Waals surface area contributed by atoms with E-state index in [0.29, 0.717) is 22.9 Å². The van der Waals surface area contributed by atoms with E-state index >= 15 is 0 Å². The Morgan fingerprint density at radius 2 is 2.10 bits per heavy atom. The van der Waals surface area contributed by atoms with Crippen molar-refractivity contribution in [2.24, 2.45) is 0 Å². The first-order valence-corrected chi connectivity index (χ1v) is 7.29. The van der Waals surface area contributed by atoms with Gasteiger partial charge in [0.15, 0.2) is 5.65 Å². The maximum absolute atomic E-state index is 12.3. The first-order valence-electron chi connectivity index (χ1n) is 6.76. The van der Waals surface area contributed by atoms with Crippen molar-refractivity contribution >= 4 is 28.7 Å². The first kappa shape index (κ1) is 15.6. The molecule has 1 atom stereocenters. The number of halogens is 1. The molecule has 21 heavy (non-hydrogen) atoms. The van der Waals surface area contributed by atoms with Gasteiger partial charge in [-0.1, -0.05) is 0 Å². The van der Waals surface area contributed by atoms with Crippen molar-refractivity contribution in [3.8, 4) is 5.88 Å². The molecule has 0 aromatic carbocycles. The van der Waals surface area contributed by atoms with E-state index < -0.39 is 6.04 Å². The number of imidazole rings is 1. The Kier molecular flexibility index (Phi) is 4.67. The summed E-state index contributed by atoms with van der Waals surface area (Å²) in [6.45, 7) is 5.64. The summed E-state index contributed by atoms with van der Waals surface area (Å²) in [6, 6.07) is 3.15. The largest absolute Gasteiger partial charge is 0.481 e. The second kappa shape index (κ2) is 6.30. The highest BCUT2D eigenvalue weighted by atomic mass is 35.5. The van der Waals surface area contributed by atoms with Crippen molar-refractivity contribution in [1.82, 2.24) is 19.9 Å². The fourth-order valence-electron chi connectivity index (χ4n) is 2.14. The van der Waals surface area contributed by atoms with E-state index in [1.165, 1.54) is 0 Å². The first-order chi connectivity index (χ1) is 9.97. The average molecular weight is 311 g/mol. The SMILES string of the molecule is COc1ccc2nc(CCl)n(C(C)C(=O)NC(C)C)c2n1. The van der Waals surface area contributed by atoms with E-state index in [9.17, 15) is 4.79 Å². The monoisotopic (exact) mass is 310 g/mol. The van der Waals surface area contributed by atoms with Crippen LogP contribution in [0.25, 0.3) is 11.2 Å². The van der Waals surface area contributed by atoms with Gasteiger partial charge in [0.1, 0.15) is 17.4 Å². The molecule has 0 bridgehead atoms. The van der Waals surface area contributed by atoms with Crippen LogP contribution in [0, 0.1) is 0 Å². The predicted molar refractivity (Wildman–Crippen MR) is 81.6 cm³/mol. The number of hydrogen-bond donors (Lipinski definition) is 1. The number of ether oxygens (including phenoxy) is 1. The number of carbonyl (C=O) groups excluding carboxylic acids is 1. The van der Waals surface area contributed by atoms with Gasteiger partial charge in [0.2, 0.25) is 11.8 Å². The number of carbonyl (C=O) groups is 1. The topological polar surface area (TPSA) is 69.0 Å². The van der Waals surface area contributed by atoms with Crippen molar-refractivity contribution in [3.05, 3.63) is 18.0 Å². The molecule has 1 N–H and O–H groups in total. The summed E-state index contributed by atoms with van der Waals surface area (Å²) < 4.78 is 6.89. The second-order valence-electron chi connectivity index (χ2n) is 5.07. The lowest BCUT2D eigenvalue weighted by atomic mass is 10.2. The number of alkyl halides is 1. The van der Waals surface area contributed by atoms with E-state index in [0.717, 1.165) is 0 Å². The molecule has 2 rings (SSSR count). The van der Waals surface area contributed by atoms with Gasteiger partial charge in [0, 0.05) is 12.1 Å². The molecule has 2 aromatic rings. The molecular weight excluding hydrogens is 292 g/mol. The lowest BCUT2D eigenvalue weighted by molar-refractivity contribution is -0.124. The molecular formula is C14H19ClN4O2. The Morgan fingerprint density at radius 1 is 1.38 bits per heavy atom. The number of hydrogen-bond acceptors (Lipinski definition) is 4. The second-order valence-corrected chi connectivity index (χ2v) is 5.33. The van der Waals surface area contributed by atoms with Crippen LogP contribution >= 0.6 is 11.6 Å². The molecule has 2 aromatic heterocycles. The third-order valence-corrected chi connectivity index (χ3v) is 3.35. The van der Waals surface area contributed by atoms with Crippen LogP contribution < -0.4 is 10.1 Å². The molecule has 114 valence electrons. The Labute approximate surface area is 128 Å². The van der Waals surface area contributed by atoms with Crippen LogP contribution in [-0.4, -0.2) is 33.6 Å². The normalized spacial score (nSPS) is 12.7. The van der Waals surface area contributed by atoms with Crippen LogP contribution in [0.5, 0.6) is 5.88 Å². The number of rotatable bonds is 5. The Bertz CT molecular complexity index is 654. The lowest BCUT2D eigenvalue weighted by Crippen LogP contribution is -2.36. The number of nitrogens with zero attached hydrogens (tertiary/aromatic N) is 3. The van der Waals surface area contributed by atoms with Crippen LogP contribution in [0.4, 0.5) is 0 Å². The number of fused-ring (bicyclic) bond motifs is 1. The smallest absolute Gasteiger partial charge is 0.243 e. The molecule has 2 heterocycles. The van der Waals surface area contributed by atoms with Crippen molar-refractivity contribution < 1.29 is 9.53 Å². The van der Waals surface area contributed by atoms with Gasteiger partial charge in [0.25, 0.3) is 0 Å². The van der Waals surface area contributed by atoms with Crippen LogP contribution in [0.1, 0.15) is 32.6 Å². The number of nitrogens with one attached hydrogen (secondary N) is 1. The molecule has 0 fully saturated rings. The molecule has 1 unspecified atom stereocenters. The third kappa shape index (κ3) is 3.10. The number of methoxy groups -OCH3 is 1. The summed E-state index contributed by atoms with van der Waals surface area (Å²) in [6.07, 6.45) is 0. The molecule has 6 nitrogen and oxygen atoms in total. The zero-order valence-electron chi connectivity index (χ0n) is 12.6. The average Bonchev–Trinajstić information content (AvgIpc) is 2.82. The lowest BCUT2D eigenvalue weighted by Gasteiger charge is -2.18.